The molecule has 1 fully saturated rings. The summed E-state index contributed by atoms with van der Waals surface area (Å²) < 4.78 is 11.1. The molecule has 27 heavy (non-hydrogen) atoms. The van der Waals surface area contributed by atoms with Gasteiger partial charge in [-0.2, -0.15) is 0 Å². The van der Waals surface area contributed by atoms with Crippen molar-refractivity contribution in [1.82, 2.24) is 0 Å². The lowest BCUT2D eigenvalue weighted by atomic mass is 10.1. The van der Waals surface area contributed by atoms with Gasteiger partial charge in [-0.3, -0.25) is 9.59 Å². The topological polar surface area (TPSA) is 67.9 Å². The molecule has 2 aromatic rings. The van der Waals surface area contributed by atoms with E-state index < -0.39 is 0 Å². The van der Waals surface area contributed by atoms with Crippen molar-refractivity contribution in [2.75, 3.05) is 30.0 Å². The Labute approximate surface area is 158 Å². The minimum atomic E-state index is -0.384. The number of hydrogen-bond acceptors (Lipinski definition) is 4. The number of fused-ring (bicyclic) bond motifs is 1. The molecule has 140 valence electrons. The van der Waals surface area contributed by atoms with Gasteiger partial charge in [0, 0.05) is 30.4 Å². The third kappa shape index (κ3) is 3.47. The smallest absolute Gasteiger partial charge is 0.229 e. The van der Waals surface area contributed by atoms with E-state index in [0.717, 1.165) is 22.5 Å². The number of anilines is 2. The van der Waals surface area contributed by atoms with Crippen molar-refractivity contribution in [1.29, 1.82) is 0 Å². The predicted octanol–water partition coefficient (Wildman–Crippen LogP) is 3.07. The van der Waals surface area contributed by atoms with Crippen molar-refractivity contribution < 1.29 is 19.1 Å². The maximum Gasteiger partial charge on any atom is 0.229 e. The first-order valence-electron chi connectivity index (χ1n) is 9.09. The first kappa shape index (κ1) is 17.4. The maximum atomic E-state index is 12.7. The zero-order valence-electron chi connectivity index (χ0n) is 15.5. The van der Waals surface area contributed by atoms with Gasteiger partial charge in [0.1, 0.15) is 13.2 Å². The van der Waals surface area contributed by atoms with E-state index in [1.165, 1.54) is 0 Å². The Hall–Kier alpha value is -3.02. The second-order valence-corrected chi connectivity index (χ2v) is 7.04. The monoisotopic (exact) mass is 366 g/mol. The van der Waals surface area contributed by atoms with Crippen molar-refractivity contribution in [2.45, 2.75) is 20.3 Å². The van der Waals surface area contributed by atoms with E-state index in [4.69, 9.17) is 9.47 Å². The van der Waals surface area contributed by atoms with Gasteiger partial charge in [0.15, 0.2) is 11.5 Å². The number of rotatable bonds is 3. The molecule has 2 heterocycles. The first-order chi connectivity index (χ1) is 13.0. The first-order valence-corrected chi connectivity index (χ1v) is 9.09. The Morgan fingerprint density at radius 3 is 2.67 bits per heavy atom. The highest BCUT2D eigenvalue weighted by Crippen LogP contribution is 2.36. The summed E-state index contributed by atoms with van der Waals surface area (Å²) in [6, 6.07) is 11.4. The van der Waals surface area contributed by atoms with Gasteiger partial charge in [0.25, 0.3) is 0 Å². The summed E-state index contributed by atoms with van der Waals surface area (Å²) in [6.45, 7) is 5.31. The van der Waals surface area contributed by atoms with E-state index in [0.29, 0.717) is 31.3 Å². The highest BCUT2D eigenvalue weighted by molar-refractivity contribution is 6.03. The zero-order chi connectivity index (χ0) is 19.0. The van der Waals surface area contributed by atoms with Gasteiger partial charge in [-0.15, -0.1) is 0 Å². The van der Waals surface area contributed by atoms with Gasteiger partial charge in [0.2, 0.25) is 11.8 Å². The average molecular weight is 366 g/mol. The molecule has 1 N–H and O–H groups in total. The van der Waals surface area contributed by atoms with Gasteiger partial charge in [-0.25, -0.2) is 0 Å². The summed E-state index contributed by atoms with van der Waals surface area (Å²) in [5.74, 6) is 0.742. The van der Waals surface area contributed by atoms with Crippen LogP contribution < -0.4 is 19.7 Å². The molecular weight excluding hydrogens is 344 g/mol. The number of amides is 2. The minimum absolute atomic E-state index is 0.0622. The fourth-order valence-corrected chi connectivity index (χ4v) is 3.44. The number of benzene rings is 2. The number of aryl methyl sites for hydroxylation is 2. The quantitative estimate of drug-likeness (QED) is 0.907. The van der Waals surface area contributed by atoms with Gasteiger partial charge >= 0.3 is 0 Å². The van der Waals surface area contributed by atoms with Crippen LogP contribution in [0, 0.1) is 19.8 Å². The lowest BCUT2D eigenvalue weighted by molar-refractivity contribution is -0.122. The molecule has 2 aliphatic rings. The molecule has 2 aliphatic heterocycles. The Morgan fingerprint density at radius 2 is 1.85 bits per heavy atom. The van der Waals surface area contributed by atoms with E-state index in [-0.39, 0.29) is 24.2 Å². The Morgan fingerprint density at radius 1 is 1.07 bits per heavy atom. The fraction of sp³-hybridized carbons (Fsp3) is 0.333. The number of ether oxygens (including phenoxy) is 2. The van der Waals surface area contributed by atoms with Crippen LogP contribution in [-0.4, -0.2) is 31.6 Å². The van der Waals surface area contributed by atoms with Crippen LogP contribution in [0.4, 0.5) is 11.4 Å². The Bertz CT molecular complexity index is 909. The lowest BCUT2D eigenvalue weighted by Gasteiger charge is -2.22. The van der Waals surface area contributed by atoms with Gasteiger partial charge in [-0.1, -0.05) is 12.1 Å². The third-order valence-electron chi connectivity index (χ3n) is 4.98. The van der Waals surface area contributed by atoms with Crippen molar-refractivity contribution in [2.24, 2.45) is 5.92 Å². The molecule has 0 radical (unpaired) electrons. The summed E-state index contributed by atoms with van der Waals surface area (Å²) in [7, 11) is 0. The van der Waals surface area contributed by atoms with E-state index >= 15 is 0 Å². The van der Waals surface area contributed by atoms with Crippen molar-refractivity contribution in [3.05, 3.63) is 47.5 Å². The molecule has 0 aliphatic carbocycles. The molecule has 1 saturated heterocycles. The number of hydrogen-bond donors (Lipinski definition) is 1. The summed E-state index contributed by atoms with van der Waals surface area (Å²) >= 11 is 0. The third-order valence-corrected chi connectivity index (χ3v) is 4.98. The van der Waals surface area contributed by atoms with Crippen LogP contribution in [0.5, 0.6) is 11.5 Å². The predicted molar refractivity (Wildman–Crippen MR) is 102 cm³/mol. The van der Waals surface area contributed by atoms with Crippen molar-refractivity contribution in [3.8, 4) is 11.5 Å². The number of nitrogens with zero attached hydrogens (tertiary/aromatic N) is 1. The summed E-state index contributed by atoms with van der Waals surface area (Å²) in [6.07, 6.45) is 0.200. The normalized spacial score (nSPS) is 18.5. The van der Waals surface area contributed by atoms with E-state index in [1.54, 1.807) is 17.0 Å². The SMILES string of the molecule is Cc1ccc(C)c(NC(=O)[C@H]2CC(=O)N(c3ccc4c(c3)OCCO4)C2)c1. The summed E-state index contributed by atoms with van der Waals surface area (Å²) in [5.41, 5.74) is 3.61. The van der Waals surface area contributed by atoms with Gasteiger partial charge < -0.3 is 19.7 Å². The molecular formula is C21H22N2O4. The molecule has 0 bridgehead atoms. The van der Waals surface area contributed by atoms with Gasteiger partial charge in [0.05, 0.1) is 5.92 Å². The van der Waals surface area contributed by atoms with Crippen LogP contribution in [0.2, 0.25) is 0 Å². The molecule has 2 amide bonds. The van der Waals surface area contributed by atoms with Gasteiger partial charge in [-0.05, 0) is 43.2 Å². The molecule has 4 rings (SSSR count). The average Bonchev–Trinajstić information content (AvgIpc) is 3.06. The maximum absolute atomic E-state index is 12.7. The second kappa shape index (κ2) is 6.95. The number of nitrogens with one attached hydrogen (secondary N) is 1. The highest BCUT2D eigenvalue weighted by atomic mass is 16.6. The van der Waals surface area contributed by atoms with Crippen LogP contribution in [0.15, 0.2) is 36.4 Å². The van der Waals surface area contributed by atoms with E-state index in [2.05, 4.69) is 5.32 Å². The molecule has 6 nitrogen and oxygen atoms in total. The Balaban J connectivity index is 1.49. The highest BCUT2D eigenvalue weighted by Gasteiger charge is 2.35. The molecule has 0 saturated carbocycles. The van der Waals surface area contributed by atoms with Crippen LogP contribution in [0.25, 0.3) is 0 Å². The zero-order valence-corrected chi connectivity index (χ0v) is 15.5. The van der Waals surface area contributed by atoms with Crippen molar-refractivity contribution >= 4 is 23.2 Å². The van der Waals surface area contributed by atoms with Crippen LogP contribution in [0.3, 0.4) is 0 Å². The van der Waals surface area contributed by atoms with Crippen LogP contribution >= 0.6 is 0 Å². The molecule has 0 aromatic heterocycles. The summed E-state index contributed by atoms with van der Waals surface area (Å²) in [5, 5.41) is 2.97. The molecule has 0 unspecified atom stereocenters. The second-order valence-electron chi connectivity index (χ2n) is 7.04. The number of carbonyl (C=O) groups excluding carboxylic acids is 2. The number of carbonyl (C=O) groups is 2. The van der Waals surface area contributed by atoms with Crippen molar-refractivity contribution in [3.63, 3.8) is 0 Å². The molecule has 0 spiro atoms. The largest absolute Gasteiger partial charge is 0.486 e. The fourth-order valence-electron chi connectivity index (χ4n) is 3.44. The van der Waals surface area contributed by atoms with Crippen LogP contribution in [-0.2, 0) is 9.59 Å². The molecule has 2 aromatic carbocycles. The molecule has 6 heteroatoms. The van der Waals surface area contributed by atoms with Crippen LogP contribution in [0.1, 0.15) is 17.5 Å². The Kier molecular flexibility index (Phi) is 4.48. The van der Waals surface area contributed by atoms with E-state index in [1.807, 2.05) is 38.1 Å². The summed E-state index contributed by atoms with van der Waals surface area (Å²) in [4.78, 5) is 26.8. The lowest BCUT2D eigenvalue weighted by Crippen LogP contribution is -2.28. The standard InChI is InChI=1S/C21H22N2O4/c1-13-3-4-14(2)17(9-13)22-21(25)15-10-20(24)23(12-15)16-5-6-18-19(11-16)27-8-7-26-18/h3-6,9,11,15H,7-8,10,12H2,1-2H3,(H,22,25)/t15-/m0/s1. The minimum Gasteiger partial charge on any atom is -0.486 e. The van der Waals surface area contributed by atoms with E-state index in [9.17, 15) is 9.59 Å². The molecule has 1 atom stereocenters.